The Labute approximate surface area is 72.5 Å². The van der Waals surface area contributed by atoms with Gasteiger partial charge in [0.05, 0.1) is 0 Å². The zero-order valence-corrected chi connectivity index (χ0v) is 7.49. The second-order valence-electron chi connectivity index (χ2n) is 3.12. The molecule has 1 aliphatic heterocycles. The molecule has 1 nitrogen and oxygen atoms in total. The molecular formula is C8H15ClFN. The Morgan fingerprint density at radius 3 is 3.00 bits per heavy atom. The molecule has 0 saturated carbocycles. The Morgan fingerprint density at radius 1 is 1.55 bits per heavy atom. The lowest BCUT2D eigenvalue weighted by Crippen LogP contribution is -2.23. The maximum Gasteiger partial charge on any atom is 0.102 e. The van der Waals surface area contributed by atoms with Gasteiger partial charge < -0.3 is 4.90 Å². The largest absolute Gasteiger partial charge is 0.300 e. The maximum atomic E-state index is 11.9. The lowest BCUT2D eigenvalue weighted by molar-refractivity contribution is 0.287. The van der Waals surface area contributed by atoms with Gasteiger partial charge in [0.25, 0.3) is 0 Å². The minimum Gasteiger partial charge on any atom is -0.300 e. The average molecular weight is 180 g/mol. The Balaban J connectivity index is 2.12. The molecule has 0 N–H and O–H groups in total. The molecule has 0 spiro atoms. The van der Waals surface area contributed by atoms with Crippen molar-refractivity contribution in [3.8, 4) is 0 Å². The van der Waals surface area contributed by atoms with Crippen molar-refractivity contribution in [1.29, 1.82) is 0 Å². The predicted molar refractivity (Wildman–Crippen MR) is 45.9 cm³/mol. The van der Waals surface area contributed by atoms with E-state index in [9.17, 15) is 4.39 Å². The predicted octanol–water partition coefficient (Wildman–Crippen LogP) is 1.91. The summed E-state index contributed by atoms with van der Waals surface area (Å²) in [7, 11) is 0. The summed E-state index contributed by atoms with van der Waals surface area (Å²) in [5, 5.41) is 0. The van der Waals surface area contributed by atoms with Crippen LogP contribution in [0.1, 0.15) is 12.8 Å². The molecule has 0 radical (unpaired) electrons. The smallest absolute Gasteiger partial charge is 0.102 e. The fraction of sp³-hybridized carbons (Fsp3) is 1.00. The van der Waals surface area contributed by atoms with Gasteiger partial charge in [-0.3, -0.25) is 0 Å². The van der Waals surface area contributed by atoms with Crippen LogP contribution >= 0.6 is 11.6 Å². The Bertz CT molecular complexity index is 98.3. The molecule has 1 fully saturated rings. The first-order chi connectivity index (χ1) is 5.36. The third kappa shape index (κ3) is 2.96. The highest BCUT2D eigenvalue weighted by molar-refractivity contribution is 6.17. The minimum atomic E-state index is -0.215. The van der Waals surface area contributed by atoms with Crippen molar-refractivity contribution >= 4 is 11.6 Å². The summed E-state index contributed by atoms with van der Waals surface area (Å²) in [6.07, 6.45) is 2.29. The fourth-order valence-electron chi connectivity index (χ4n) is 1.63. The minimum absolute atomic E-state index is 0.215. The van der Waals surface area contributed by atoms with E-state index < -0.39 is 0 Å². The number of hydrogen-bond donors (Lipinski definition) is 0. The molecule has 0 bridgehead atoms. The molecule has 11 heavy (non-hydrogen) atoms. The Kier molecular flexibility index (Phi) is 4.16. The summed E-state index contributed by atoms with van der Waals surface area (Å²) in [6.45, 7) is 2.51. The summed E-state index contributed by atoms with van der Waals surface area (Å²) in [5.74, 6) is 1.47. The molecule has 66 valence electrons. The van der Waals surface area contributed by atoms with E-state index in [1.165, 1.54) is 6.42 Å². The van der Waals surface area contributed by atoms with Gasteiger partial charge in [-0.25, -0.2) is 4.39 Å². The van der Waals surface area contributed by atoms with Gasteiger partial charge in [-0.2, -0.15) is 0 Å². The number of halogens is 2. The molecule has 1 atom stereocenters. The van der Waals surface area contributed by atoms with Crippen LogP contribution in [0.2, 0.25) is 0 Å². The Hall–Kier alpha value is 0.180. The van der Waals surface area contributed by atoms with Crippen LogP contribution in [0.4, 0.5) is 4.39 Å². The molecule has 0 aromatic carbocycles. The first kappa shape index (κ1) is 9.27. The fourth-order valence-corrected chi connectivity index (χ4v) is 1.93. The van der Waals surface area contributed by atoms with E-state index in [0.29, 0.717) is 6.54 Å². The number of rotatable bonds is 4. The van der Waals surface area contributed by atoms with Crippen LogP contribution in [-0.4, -0.2) is 37.1 Å². The van der Waals surface area contributed by atoms with Crippen LogP contribution < -0.4 is 0 Å². The second kappa shape index (κ2) is 4.94. The molecule has 0 amide bonds. The second-order valence-corrected chi connectivity index (χ2v) is 3.50. The highest BCUT2D eigenvalue weighted by atomic mass is 35.5. The van der Waals surface area contributed by atoms with Crippen molar-refractivity contribution in [1.82, 2.24) is 4.90 Å². The first-order valence-corrected chi connectivity index (χ1v) is 4.74. The van der Waals surface area contributed by atoms with E-state index in [-0.39, 0.29) is 6.67 Å². The number of alkyl halides is 2. The number of likely N-dealkylation sites (tertiary alicyclic amines) is 1. The van der Waals surface area contributed by atoms with E-state index in [4.69, 9.17) is 11.6 Å². The van der Waals surface area contributed by atoms with Crippen molar-refractivity contribution in [2.45, 2.75) is 12.8 Å². The van der Waals surface area contributed by atoms with Crippen LogP contribution in [0.25, 0.3) is 0 Å². The van der Waals surface area contributed by atoms with E-state index in [1.807, 2.05) is 0 Å². The van der Waals surface area contributed by atoms with E-state index in [0.717, 1.165) is 31.3 Å². The molecule has 1 saturated heterocycles. The number of hydrogen-bond acceptors (Lipinski definition) is 1. The summed E-state index contributed by atoms with van der Waals surface area (Å²) in [6, 6.07) is 0. The zero-order chi connectivity index (χ0) is 8.10. The van der Waals surface area contributed by atoms with Gasteiger partial charge in [0.1, 0.15) is 6.67 Å². The molecule has 1 heterocycles. The van der Waals surface area contributed by atoms with Gasteiger partial charge >= 0.3 is 0 Å². The molecule has 0 aromatic rings. The molecule has 1 aliphatic rings. The normalized spacial score (nSPS) is 26.2. The summed E-state index contributed by atoms with van der Waals surface area (Å²) in [5.41, 5.74) is 0. The third-order valence-corrected chi connectivity index (χ3v) is 2.51. The standard InChI is InChI=1S/C8H15ClFN/c9-3-1-8-2-5-11(7-8)6-4-10/h8H,1-7H2. The molecule has 3 heteroatoms. The summed E-state index contributed by atoms with van der Waals surface area (Å²) < 4.78 is 11.9. The number of nitrogens with zero attached hydrogens (tertiary/aromatic N) is 1. The lowest BCUT2D eigenvalue weighted by Gasteiger charge is -2.12. The average Bonchev–Trinajstić information content (AvgIpc) is 2.38. The summed E-state index contributed by atoms with van der Waals surface area (Å²) >= 11 is 5.61. The van der Waals surface area contributed by atoms with Crippen LogP contribution in [0.3, 0.4) is 0 Å². The van der Waals surface area contributed by atoms with Gasteiger partial charge in [0.2, 0.25) is 0 Å². The molecule has 0 aliphatic carbocycles. The lowest BCUT2D eigenvalue weighted by atomic mass is 10.1. The maximum absolute atomic E-state index is 11.9. The van der Waals surface area contributed by atoms with Gasteiger partial charge in [0.15, 0.2) is 0 Å². The van der Waals surface area contributed by atoms with Crippen LogP contribution in [-0.2, 0) is 0 Å². The highest BCUT2D eigenvalue weighted by Crippen LogP contribution is 2.19. The first-order valence-electron chi connectivity index (χ1n) is 4.21. The van der Waals surface area contributed by atoms with Crippen molar-refractivity contribution < 1.29 is 4.39 Å². The molecular weight excluding hydrogens is 165 g/mol. The van der Waals surface area contributed by atoms with Gasteiger partial charge in [-0.15, -0.1) is 11.6 Å². The Morgan fingerprint density at radius 2 is 2.36 bits per heavy atom. The van der Waals surface area contributed by atoms with Crippen molar-refractivity contribution in [3.05, 3.63) is 0 Å². The molecule has 1 rings (SSSR count). The highest BCUT2D eigenvalue weighted by Gasteiger charge is 2.20. The van der Waals surface area contributed by atoms with Crippen molar-refractivity contribution in [2.24, 2.45) is 5.92 Å². The zero-order valence-electron chi connectivity index (χ0n) is 6.73. The van der Waals surface area contributed by atoms with Gasteiger partial charge in [-0.1, -0.05) is 0 Å². The SMILES string of the molecule is FCCN1CCC(CCCl)C1. The van der Waals surface area contributed by atoms with Crippen LogP contribution in [0, 0.1) is 5.92 Å². The van der Waals surface area contributed by atoms with Crippen LogP contribution in [0.5, 0.6) is 0 Å². The van der Waals surface area contributed by atoms with E-state index in [2.05, 4.69) is 4.90 Å². The van der Waals surface area contributed by atoms with E-state index >= 15 is 0 Å². The molecule has 1 unspecified atom stereocenters. The van der Waals surface area contributed by atoms with Crippen LogP contribution in [0.15, 0.2) is 0 Å². The topological polar surface area (TPSA) is 3.24 Å². The van der Waals surface area contributed by atoms with Gasteiger partial charge in [-0.05, 0) is 25.3 Å². The third-order valence-electron chi connectivity index (χ3n) is 2.29. The monoisotopic (exact) mass is 179 g/mol. The van der Waals surface area contributed by atoms with E-state index in [1.54, 1.807) is 0 Å². The molecule has 0 aromatic heterocycles. The van der Waals surface area contributed by atoms with Gasteiger partial charge in [0, 0.05) is 19.0 Å². The summed E-state index contributed by atoms with van der Waals surface area (Å²) in [4.78, 5) is 2.18. The van der Waals surface area contributed by atoms with Crippen molar-refractivity contribution in [3.63, 3.8) is 0 Å². The van der Waals surface area contributed by atoms with Crippen molar-refractivity contribution in [2.75, 3.05) is 32.2 Å². The quantitative estimate of drug-likeness (QED) is 0.596.